The third-order valence-corrected chi connectivity index (χ3v) is 4.94. The molecule has 1 aromatic rings. The highest BCUT2D eigenvalue weighted by atomic mass is 16.4. The van der Waals surface area contributed by atoms with Crippen LogP contribution >= 0.6 is 0 Å². The Morgan fingerprint density at radius 3 is 2.00 bits per heavy atom. The quantitative estimate of drug-likeness (QED) is 0.106. The summed E-state index contributed by atoms with van der Waals surface area (Å²) in [6, 6.07) is -5.91. The maximum absolute atomic E-state index is 12.8. The average molecular weight is 514 g/mol. The highest BCUT2D eigenvalue weighted by molar-refractivity contribution is 5.94. The van der Waals surface area contributed by atoms with E-state index in [1.165, 1.54) is 12.5 Å². The molecule has 16 heteroatoms. The summed E-state index contributed by atoms with van der Waals surface area (Å²) in [7, 11) is 0. The summed E-state index contributed by atoms with van der Waals surface area (Å²) in [5, 5.41) is 43.7. The number of carboxylic acids is 3. The number of imidazole rings is 1. The normalized spacial score (nSPS) is 15.0. The number of hydrogen-bond acceptors (Lipinski definition) is 9. The monoisotopic (exact) mass is 514 g/mol. The Kier molecular flexibility index (Phi) is 12.0. The second-order valence-corrected chi connectivity index (χ2v) is 7.94. The maximum atomic E-state index is 12.8. The SMILES string of the molecule is CC(O)C(NC(=O)C(N)CCC(=O)O)C(=O)NC(CCC(=O)O)C(=O)NC(Cc1cnc[nH]1)C(=O)O. The van der Waals surface area contributed by atoms with Gasteiger partial charge in [-0.2, -0.15) is 0 Å². The Bertz CT molecular complexity index is 935. The van der Waals surface area contributed by atoms with Crippen molar-refractivity contribution in [2.75, 3.05) is 0 Å². The number of aromatic nitrogens is 2. The molecule has 0 bridgehead atoms. The van der Waals surface area contributed by atoms with Crippen LogP contribution in [-0.4, -0.2) is 96.3 Å². The van der Waals surface area contributed by atoms with Gasteiger partial charge in [0.1, 0.15) is 18.1 Å². The summed E-state index contributed by atoms with van der Waals surface area (Å²) in [5.41, 5.74) is 6.00. The highest BCUT2D eigenvalue weighted by Gasteiger charge is 2.32. The van der Waals surface area contributed by atoms with E-state index in [1.54, 1.807) is 0 Å². The van der Waals surface area contributed by atoms with E-state index in [9.17, 15) is 39.0 Å². The zero-order valence-electron chi connectivity index (χ0n) is 19.3. The molecule has 10 N–H and O–H groups in total. The van der Waals surface area contributed by atoms with Gasteiger partial charge in [-0.1, -0.05) is 0 Å². The molecule has 0 radical (unpaired) electrons. The van der Waals surface area contributed by atoms with Gasteiger partial charge in [-0.05, 0) is 19.8 Å². The Hall–Kier alpha value is -4.05. The standard InChI is InChI=1S/C20H30N6O10/c1-9(27)16(26-17(32)11(21)2-4-14(28)29)19(34)24-12(3-5-15(30)31)18(33)25-13(20(35)36)6-10-7-22-8-23-10/h7-9,11-13,16,27H,2-6,21H2,1H3,(H,22,23)(H,24,34)(H,25,33)(H,26,32)(H,28,29)(H,30,31)(H,35,36). The lowest BCUT2D eigenvalue weighted by Gasteiger charge is -2.26. The number of H-pyrrole nitrogens is 1. The van der Waals surface area contributed by atoms with Gasteiger partial charge < -0.3 is 47.1 Å². The van der Waals surface area contributed by atoms with E-state index in [0.29, 0.717) is 5.69 Å². The van der Waals surface area contributed by atoms with E-state index in [-0.39, 0.29) is 12.8 Å². The molecule has 0 saturated heterocycles. The first kappa shape index (κ1) is 30.0. The molecule has 5 unspecified atom stereocenters. The third kappa shape index (κ3) is 10.5. The molecule has 0 aliphatic rings. The summed E-state index contributed by atoms with van der Waals surface area (Å²) < 4.78 is 0. The fraction of sp³-hybridized carbons (Fsp3) is 0.550. The molecule has 1 aromatic heterocycles. The predicted molar refractivity (Wildman–Crippen MR) is 119 cm³/mol. The van der Waals surface area contributed by atoms with Crippen molar-refractivity contribution in [1.82, 2.24) is 25.9 Å². The van der Waals surface area contributed by atoms with Gasteiger partial charge in [0.2, 0.25) is 17.7 Å². The lowest BCUT2D eigenvalue weighted by Crippen LogP contribution is -2.60. The fourth-order valence-corrected chi connectivity index (χ4v) is 2.96. The second kappa shape index (κ2) is 14.4. The van der Waals surface area contributed by atoms with Crippen LogP contribution in [0.1, 0.15) is 38.3 Å². The topological polar surface area (TPSA) is 274 Å². The van der Waals surface area contributed by atoms with Crippen LogP contribution in [0.5, 0.6) is 0 Å². The third-order valence-electron chi connectivity index (χ3n) is 4.94. The fourth-order valence-electron chi connectivity index (χ4n) is 2.96. The van der Waals surface area contributed by atoms with Gasteiger partial charge in [0.15, 0.2) is 0 Å². The minimum absolute atomic E-state index is 0.179. The van der Waals surface area contributed by atoms with Crippen LogP contribution in [-0.2, 0) is 35.2 Å². The van der Waals surface area contributed by atoms with Crippen molar-refractivity contribution in [2.24, 2.45) is 5.73 Å². The Balaban J connectivity index is 2.96. The molecule has 0 spiro atoms. The number of nitrogens with zero attached hydrogens (tertiary/aromatic N) is 1. The number of nitrogens with one attached hydrogen (secondary N) is 4. The lowest BCUT2D eigenvalue weighted by atomic mass is 10.1. The van der Waals surface area contributed by atoms with Gasteiger partial charge in [0, 0.05) is 31.2 Å². The molecule has 1 rings (SSSR count). The minimum Gasteiger partial charge on any atom is -0.481 e. The highest BCUT2D eigenvalue weighted by Crippen LogP contribution is 2.05. The van der Waals surface area contributed by atoms with Gasteiger partial charge in [0.25, 0.3) is 0 Å². The maximum Gasteiger partial charge on any atom is 0.326 e. The molecule has 0 saturated carbocycles. The zero-order valence-corrected chi connectivity index (χ0v) is 19.3. The van der Waals surface area contributed by atoms with Gasteiger partial charge in [0.05, 0.1) is 18.5 Å². The molecular weight excluding hydrogens is 484 g/mol. The molecule has 3 amide bonds. The minimum atomic E-state index is -1.63. The van der Waals surface area contributed by atoms with Crippen molar-refractivity contribution < 1.29 is 49.2 Å². The molecule has 0 aromatic carbocycles. The second-order valence-electron chi connectivity index (χ2n) is 7.94. The van der Waals surface area contributed by atoms with E-state index in [1.807, 2.05) is 0 Å². The summed E-state index contributed by atoms with van der Waals surface area (Å²) in [5.74, 6) is -6.90. The number of carbonyl (C=O) groups is 6. The Morgan fingerprint density at radius 2 is 1.50 bits per heavy atom. The van der Waals surface area contributed by atoms with Crippen LogP contribution in [0.2, 0.25) is 0 Å². The average Bonchev–Trinajstić information content (AvgIpc) is 3.30. The number of nitrogens with two attached hydrogens (primary N) is 1. The summed E-state index contributed by atoms with van der Waals surface area (Å²) in [4.78, 5) is 77.5. The first-order valence-corrected chi connectivity index (χ1v) is 10.8. The van der Waals surface area contributed by atoms with Crippen LogP contribution in [0.15, 0.2) is 12.5 Å². The van der Waals surface area contributed by atoms with E-state index >= 15 is 0 Å². The van der Waals surface area contributed by atoms with E-state index < -0.39 is 85.2 Å². The van der Waals surface area contributed by atoms with Crippen LogP contribution in [0.25, 0.3) is 0 Å². The van der Waals surface area contributed by atoms with E-state index in [4.69, 9.17) is 15.9 Å². The zero-order chi connectivity index (χ0) is 27.4. The molecule has 0 aliphatic carbocycles. The molecule has 5 atom stereocenters. The van der Waals surface area contributed by atoms with Crippen LogP contribution in [0.4, 0.5) is 0 Å². The van der Waals surface area contributed by atoms with Gasteiger partial charge in [-0.15, -0.1) is 0 Å². The lowest BCUT2D eigenvalue weighted by molar-refractivity contribution is -0.143. The van der Waals surface area contributed by atoms with Crippen molar-refractivity contribution in [2.45, 2.75) is 69.3 Å². The predicted octanol–water partition coefficient (Wildman–Crippen LogP) is -3.07. The first-order valence-electron chi connectivity index (χ1n) is 10.8. The number of aromatic amines is 1. The van der Waals surface area contributed by atoms with Crippen molar-refractivity contribution in [3.63, 3.8) is 0 Å². The van der Waals surface area contributed by atoms with Gasteiger partial charge in [-0.3, -0.25) is 24.0 Å². The summed E-state index contributed by atoms with van der Waals surface area (Å²) >= 11 is 0. The number of aliphatic hydroxyl groups excluding tert-OH is 1. The molecule has 0 fully saturated rings. The van der Waals surface area contributed by atoms with E-state index in [2.05, 4.69) is 25.9 Å². The van der Waals surface area contributed by atoms with Crippen molar-refractivity contribution in [3.05, 3.63) is 18.2 Å². The largest absolute Gasteiger partial charge is 0.481 e. The smallest absolute Gasteiger partial charge is 0.326 e. The molecule has 36 heavy (non-hydrogen) atoms. The number of hydrogen-bond donors (Lipinski definition) is 9. The van der Waals surface area contributed by atoms with Crippen molar-refractivity contribution in [1.29, 1.82) is 0 Å². The molecule has 200 valence electrons. The van der Waals surface area contributed by atoms with Crippen molar-refractivity contribution in [3.8, 4) is 0 Å². The van der Waals surface area contributed by atoms with Crippen LogP contribution in [0.3, 0.4) is 0 Å². The van der Waals surface area contributed by atoms with Crippen LogP contribution < -0.4 is 21.7 Å². The number of aliphatic carboxylic acids is 3. The van der Waals surface area contributed by atoms with Crippen molar-refractivity contribution >= 4 is 35.6 Å². The molecule has 1 heterocycles. The number of carbonyl (C=O) groups excluding carboxylic acids is 3. The molecule has 0 aliphatic heterocycles. The number of aliphatic hydroxyl groups is 1. The first-order chi connectivity index (χ1) is 16.8. The van der Waals surface area contributed by atoms with E-state index in [0.717, 1.165) is 6.92 Å². The summed E-state index contributed by atoms with van der Waals surface area (Å²) in [6.07, 6.45) is -0.665. The Morgan fingerprint density at radius 1 is 0.917 bits per heavy atom. The molecule has 16 nitrogen and oxygen atoms in total. The molecular formula is C20H30N6O10. The van der Waals surface area contributed by atoms with Crippen LogP contribution in [0, 0.1) is 0 Å². The number of amides is 3. The van der Waals surface area contributed by atoms with Gasteiger partial charge >= 0.3 is 17.9 Å². The van der Waals surface area contributed by atoms with Gasteiger partial charge in [-0.25, -0.2) is 9.78 Å². The Labute approximate surface area is 204 Å². The summed E-state index contributed by atoms with van der Waals surface area (Å²) in [6.45, 7) is 1.16. The number of rotatable bonds is 16. The number of carboxylic acid groups (broad SMARTS) is 3.